The first-order valence-corrected chi connectivity index (χ1v) is 5.52. The van der Waals surface area contributed by atoms with Gasteiger partial charge in [0.15, 0.2) is 0 Å². The predicted molar refractivity (Wildman–Crippen MR) is 60.2 cm³/mol. The van der Waals surface area contributed by atoms with Crippen LogP contribution in [0.4, 0.5) is 14.4 Å². The van der Waals surface area contributed by atoms with Crippen LogP contribution in [0.5, 0.6) is 0 Å². The third-order valence-corrected chi connectivity index (χ3v) is 2.09. The molecule has 9 nitrogen and oxygen atoms in total. The van der Waals surface area contributed by atoms with E-state index in [0.717, 1.165) is 0 Å². The number of hydrogen-bond acceptors (Lipinski definition) is 4. The number of nitrogens with zero attached hydrogens (tertiary/aromatic N) is 3. The van der Waals surface area contributed by atoms with Crippen LogP contribution in [0.1, 0.15) is 6.92 Å². The Morgan fingerprint density at radius 1 is 1.50 bits per heavy atom. The van der Waals surface area contributed by atoms with Crippen molar-refractivity contribution in [3.05, 3.63) is 0 Å². The normalized spacial score (nSPS) is 14.7. The fourth-order valence-corrected chi connectivity index (χ4v) is 1.30. The molecule has 0 aliphatic carbocycles. The number of azo groups is 1. The van der Waals surface area contributed by atoms with E-state index >= 15 is 0 Å². The summed E-state index contributed by atoms with van der Waals surface area (Å²) in [5.74, 6) is 0. The Labute approximate surface area is 104 Å². The highest BCUT2D eigenvalue weighted by molar-refractivity contribution is 5.78. The van der Waals surface area contributed by atoms with Crippen LogP contribution < -0.4 is 10.6 Å². The van der Waals surface area contributed by atoms with E-state index in [0.29, 0.717) is 19.6 Å². The molecule has 1 heterocycles. The molecular weight excluding hydrogens is 242 g/mol. The van der Waals surface area contributed by atoms with Crippen molar-refractivity contribution in [2.75, 3.05) is 32.8 Å². The second kappa shape index (κ2) is 7.20. The monoisotopic (exact) mass is 257 g/mol. The second-order valence-corrected chi connectivity index (χ2v) is 3.35. The maximum Gasteiger partial charge on any atom is 0.452 e. The molecule has 0 aromatic heterocycles. The molecule has 0 aromatic carbocycles. The average Bonchev–Trinajstić information content (AvgIpc) is 2.73. The van der Waals surface area contributed by atoms with Crippen LogP contribution >= 0.6 is 0 Å². The molecule has 1 aliphatic heterocycles. The van der Waals surface area contributed by atoms with E-state index < -0.39 is 12.1 Å². The van der Waals surface area contributed by atoms with Crippen LogP contribution in [0.25, 0.3) is 0 Å². The van der Waals surface area contributed by atoms with Crippen LogP contribution in [0.2, 0.25) is 0 Å². The minimum atomic E-state index is -0.911. The highest BCUT2D eigenvalue weighted by Crippen LogP contribution is 1.94. The molecule has 100 valence electrons. The third kappa shape index (κ3) is 4.76. The molecule has 1 fully saturated rings. The van der Waals surface area contributed by atoms with Crippen molar-refractivity contribution < 1.29 is 19.1 Å². The van der Waals surface area contributed by atoms with Crippen molar-refractivity contribution in [3.63, 3.8) is 0 Å². The molecule has 2 N–H and O–H groups in total. The van der Waals surface area contributed by atoms with Crippen molar-refractivity contribution in [2.45, 2.75) is 6.92 Å². The molecule has 1 rings (SSSR count). The molecule has 1 saturated heterocycles. The molecule has 0 unspecified atom stereocenters. The van der Waals surface area contributed by atoms with Crippen molar-refractivity contribution in [1.29, 1.82) is 0 Å². The van der Waals surface area contributed by atoms with Crippen molar-refractivity contribution in [2.24, 2.45) is 10.2 Å². The Bertz CT molecular complexity index is 357. The summed E-state index contributed by atoms with van der Waals surface area (Å²) in [6.45, 7) is 3.63. The molecule has 0 radical (unpaired) electrons. The minimum absolute atomic E-state index is 0.155. The van der Waals surface area contributed by atoms with E-state index in [4.69, 9.17) is 0 Å². The number of carbonyl (C=O) groups is 3. The summed E-state index contributed by atoms with van der Waals surface area (Å²) >= 11 is 0. The van der Waals surface area contributed by atoms with E-state index in [2.05, 4.69) is 25.6 Å². The van der Waals surface area contributed by atoms with Crippen LogP contribution in [0.15, 0.2) is 10.2 Å². The molecule has 1 aliphatic rings. The van der Waals surface area contributed by atoms with Gasteiger partial charge >= 0.3 is 18.2 Å². The van der Waals surface area contributed by atoms with E-state index in [9.17, 15) is 14.4 Å². The van der Waals surface area contributed by atoms with Gasteiger partial charge in [-0.05, 0) is 6.92 Å². The Hall–Kier alpha value is -2.19. The molecule has 0 bridgehead atoms. The van der Waals surface area contributed by atoms with Gasteiger partial charge in [0, 0.05) is 26.2 Å². The molecule has 0 saturated carbocycles. The lowest BCUT2D eigenvalue weighted by atomic mass is 10.5. The lowest BCUT2D eigenvalue weighted by Crippen LogP contribution is -2.35. The van der Waals surface area contributed by atoms with Crippen LogP contribution in [0, 0.1) is 0 Å². The Kier molecular flexibility index (Phi) is 5.55. The van der Waals surface area contributed by atoms with E-state index in [1.165, 1.54) is 0 Å². The number of carbonyl (C=O) groups excluding carboxylic acids is 3. The molecule has 5 amide bonds. The van der Waals surface area contributed by atoms with Crippen molar-refractivity contribution in [3.8, 4) is 0 Å². The number of ether oxygens (including phenoxy) is 1. The van der Waals surface area contributed by atoms with Gasteiger partial charge in [-0.1, -0.05) is 10.2 Å². The highest BCUT2D eigenvalue weighted by Gasteiger charge is 2.18. The predicted octanol–water partition coefficient (Wildman–Crippen LogP) is 0.330. The van der Waals surface area contributed by atoms with Crippen molar-refractivity contribution in [1.82, 2.24) is 15.5 Å². The zero-order valence-electron chi connectivity index (χ0n) is 10.0. The molecule has 18 heavy (non-hydrogen) atoms. The largest absolute Gasteiger partial charge is 0.452 e. The Balaban J connectivity index is 2.17. The number of hydrogen-bond donors (Lipinski definition) is 2. The highest BCUT2D eigenvalue weighted by atomic mass is 16.5. The van der Waals surface area contributed by atoms with Crippen LogP contribution in [-0.2, 0) is 4.74 Å². The smallest absolute Gasteiger partial charge is 0.447 e. The second-order valence-electron chi connectivity index (χ2n) is 3.35. The lowest BCUT2D eigenvalue weighted by Gasteiger charge is -2.13. The van der Waals surface area contributed by atoms with E-state index in [-0.39, 0.29) is 19.2 Å². The SMILES string of the molecule is CCOC(=O)/N=N/C(=O)NCCN1CCNC1=O. The average molecular weight is 257 g/mol. The zero-order valence-corrected chi connectivity index (χ0v) is 10.0. The maximum atomic E-state index is 11.1. The lowest BCUT2D eigenvalue weighted by molar-refractivity contribution is 0.161. The molecule has 0 atom stereocenters. The van der Waals surface area contributed by atoms with Gasteiger partial charge in [0.05, 0.1) is 6.61 Å². The summed E-state index contributed by atoms with van der Waals surface area (Å²) in [6, 6.07) is -0.903. The standard InChI is InChI=1S/C9H15N5O4/c1-2-18-9(17)13-12-7(15)10-3-5-14-6-4-11-8(14)16/h2-6H2,1H3,(H,10,15)(H,11,16)/b13-12+. The number of rotatable bonds is 4. The molecule has 0 spiro atoms. The summed E-state index contributed by atoms with van der Waals surface area (Å²) in [5, 5.41) is 11.2. The summed E-state index contributed by atoms with van der Waals surface area (Å²) < 4.78 is 4.45. The van der Waals surface area contributed by atoms with Gasteiger partial charge in [0.1, 0.15) is 0 Å². The topological polar surface area (TPSA) is 112 Å². The number of nitrogens with one attached hydrogen (secondary N) is 2. The fraction of sp³-hybridized carbons (Fsp3) is 0.667. The van der Waals surface area contributed by atoms with E-state index in [1.54, 1.807) is 11.8 Å². The number of amides is 5. The summed E-state index contributed by atoms with van der Waals surface area (Å²) in [4.78, 5) is 34.6. The summed E-state index contributed by atoms with van der Waals surface area (Å²) in [5.41, 5.74) is 0. The maximum absolute atomic E-state index is 11.1. The Morgan fingerprint density at radius 3 is 2.89 bits per heavy atom. The van der Waals surface area contributed by atoms with Gasteiger partial charge in [-0.15, -0.1) is 0 Å². The number of urea groups is 2. The molecule has 0 aromatic rings. The van der Waals surface area contributed by atoms with Gasteiger partial charge in [-0.2, -0.15) is 0 Å². The van der Waals surface area contributed by atoms with Gasteiger partial charge < -0.3 is 20.3 Å². The summed E-state index contributed by atoms with van der Waals surface area (Å²) in [6.07, 6.45) is -0.911. The van der Waals surface area contributed by atoms with Crippen LogP contribution in [-0.4, -0.2) is 55.8 Å². The van der Waals surface area contributed by atoms with Crippen LogP contribution in [0.3, 0.4) is 0 Å². The fourth-order valence-electron chi connectivity index (χ4n) is 1.30. The van der Waals surface area contributed by atoms with Gasteiger partial charge in [-0.25, -0.2) is 14.4 Å². The third-order valence-electron chi connectivity index (χ3n) is 2.09. The quantitative estimate of drug-likeness (QED) is 0.706. The van der Waals surface area contributed by atoms with Gasteiger partial charge in [-0.3, -0.25) is 0 Å². The minimum Gasteiger partial charge on any atom is -0.447 e. The zero-order chi connectivity index (χ0) is 13.4. The first-order chi connectivity index (χ1) is 8.63. The first kappa shape index (κ1) is 13.9. The van der Waals surface area contributed by atoms with E-state index in [1.807, 2.05) is 0 Å². The summed E-state index contributed by atoms with van der Waals surface area (Å²) in [7, 11) is 0. The van der Waals surface area contributed by atoms with Gasteiger partial charge in [0.25, 0.3) is 0 Å². The van der Waals surface area contributed by atoms with Crippen molar-refractivity contribution >= 4 is 18.2 Å². The molecular formula is C9H15N5O4. The molecule has 9 heteroatoms. The first-order valence-electron chi connectivity index (χ1n) is 5.52. The Morgan fingerprint density at radius 2 is 2.28 bits per heavy atom. The van der Waals surface area contributed by atoms with Gasteiger partial charge in [0.2, 0.25) is 0 Å².